The van der Waals surface area contributed by atoms with E-state index in [4.69, 9.17) is 4.74 Å². The normalized spacial score (nSPS) is 10.3. The first-order valence-electron chi connectivity index (χ1n) is 9.13. The molecule has 33 heavy (non-hydrogen) atoms. The lowest BCUT2D eigenvalue weighted by Gasteiger charge is -2.15. The number of carbonyl (C=O) groups excluding carboxylic acids is 2. The van der Waals surface area contributed by atoms with Crippen LogP contribution in [-0.4, -0.2) is 24.4 Å². The maximum absolute atomic E-state index is 13.0. The molecular formula is C22H17F3N2O6. The molecule has 0 aliphatic rings. The number of halogens is 3. The standard InChI is InChI=1S/C16H12F3NO4.C6H5NO2/c1-23-13-8-3-2-7-12(13)20-15(22)10-5-4-6-11(16(17,18)19)14(10)24-9-21;8-7(9)6-4-2-1-3-5-6/h2-9H,1H3,(H,20,22);1-5H. The van der Waals surface area contributed by atoms with Gasteiger partial charge in [-0.3, -0.25) is 19.7 Å². The first-order chi connectivity index (χ1) is 15.7. The molecule has 0 saturated carbocycles. The van der Waals surface area contributed by atoms with Crippen LogP contribution in [0.2, 0.25) is 0 Å². The topological polar surface area (TPSA) is 108 Å². The minimum atomic E-state index is -4.78. The molecule has 3 aromatic rings. The molecule has 3 aromatic carbocycles. The van der Waals surface area contributed by atoms with Gasteiger partial charge in [-0.1, -0.05) is 36.4 Å². The molecular weight excluding hydrogens is 445 g/mol. The van der Waals surface area contributed by atoms with Gasteiger partial charge < -0.3 is 14.8 Å². The fraction of sp³-hybridized carbons (Fsp3) is 0.0909. The molecule has 1 amide bonds. The van der Waals surface area contributed by atoms with E-state index in [1.807, 2.05) is 0 Å². The van der Waals surface area contributed by atoms with Crippen LogP contribution in [0.15, 0.2) is 72.8 Å². The number of nitrogens with zero attached hydrogens (tertiary/aromatic N) is 1. The summed E-state index contributed by atoms with van der Waals surface area (Å²) in [7, 11) is 1.39. The summed E-state index contributed by atoms with van der Waals surface area (Å²) in [6.07, 6.45) is -4.78. The van der Waals surface area contributed by atoms with E-state index in [0.717, 1.165) is 18.2 Å². The van der Waals surface area contributed by atoms with Crippen molar-refractivity contribution in [1.82, 2.24) is 0 Å². The highest BCUT2D eigenvalue weighted by Crippen LogP contribution is 2.38. The summed E-state index contributed by atoms with van der Waals surface area (Å²) >= 11 is 0. The van der Waals surface area contributed by atoms with Crippen molar-refractivity contribution in [3.63, 3.8) is 0 Å². The number of para-hydroxylation sites is 4. The predicted molar refractivity (Wildman–Crippen MR) is 112 cm³/mol. The number of methoxy groups -OCH3 is 1. The summed E-state index contributed by atoms with van der Waals surface area (Å²) in [5.41, 5.74) is -1.25. The van der Waals surface area contributed by atoms with Crippen LogP contribution in [0.5, 0.6) is 11.5 Å². The van der Waals surface area contributed by atoms with E-state index in [1.165, 1.54) is 25.3 Å². The van der Waals surface area contributed by atoms with Gasteiger partial charge in [0.15, 0.2) is 5.75 Å². The third-order valence-electron chi connectivity index (χ3n) is 4.05. The Kier molecular flexibility index (Phi) is 8.49. The van der Waals surface area contributed by atoms with Crippen LogP contribution in [-0.2, 0) is 11.0 Å². The number of nitro benzene ring substituents is 1. The van der Waals surface area contributed by atoms with Gasteiger partial charge in [-0.05, 0) is 24.3 Å². The van der Waals surface area contributed by atoms with Gasteiger partial charge in [0.25, 0.3) is 18.1 Å². The fourth-order valence-corrected chi connectivity index (χ4v) is 2.60. The maximum atomic E-state index is 13.0. The number of nitrogens with one attached hydrogen (secondary N) is 1. The second-order valence-corrected chi connectivity index (χ2v) is 6.14. The smallest absolute Gasteiger partial charge is 0.420 e. The Labute approximate surface area is 185 Å². The number of rotatable bonds is 6. The van der Waals surface area contributed by atoms with E-state index in [0.29, 0.717) is 5.75 Å². The highest BCUT2D eigenvalue weighted by Gasteiger charge is 2.36. The SMILES string of the molecule is COc1ccccc1NC(=O)c1cccc(C(F)(F)F)c1OC=O.O=[N+]([O-])c1ccccc1. The van der Waals surface area contributed by atoms with Gasteiger partial charge in [0.05, 0.1) is 28.8 Å². The number of alkyl halides is 3. The van der Waals surface area contributed by atoms with Crippen LogP contribution in [0.3, 0.4) is 0 Å². The van der Waals surface area contributed by atoms with Crippen molar-refractivity contribution in [1.29, 1.82) is 0 Å². The van der Waals surface area contributed by atoms with Gasteiger partial charge in [0.2, 0.25) is 0 Å². The Bertz CT molecular complexity index is 1120. The van der Waals surface area contributed by atoms with Crippen molar-refractivity contribution < 1.29 is 37.2 Å². The lowest BCUT2D eigenvalue weighted by atomic mass is 10.1. The third kappa shape index (κ3) is 6.79. The fourth-order valence-electron chi connectivity index (χ4n) is 2.60. The number of amides is 1. The van der Waals surface area contributed by atoms with E-state index < -0.39 is 33.9 Å². The average Bonchev–Trinajstić information content (AvgIpc) is 2.80. The summed E-state index contributed by atoms with van der Waals surface area (Å²) in [6.45, 7) is -0.162. The first kappa shape index (κ1) is 24.9. The van der Waals surface area contributed by atoms with Crippen LogP contribution in [0.4, 0.5) is 24.5 Å². The molecule has 8 nitrogen and oxygen atoms in total. The maximum Gasteiger partial charge on any atom is 0.420 e. The van der Waals surface area contributed by atoms with Crippen molar-refractivity contribution in [2.24, 2.45) is 0 Å². The number of benzene rings is 3. The molecule has 0 saturated heterocycles. The van der Waals surface area contributed by atoms with Crippen LogP contribution in [0.25, 0.3) is 0 Å². The number of carbonyl (C=O) groups is 2. The average molecular weight is 462 g/mol. The molecule has 11 heteroatoms. The van der Waals surface area contributed by atoms with Crippen LogP contribution >= 0.6 is 0 Å². The lowest BCUT2D eigenvalue weighted by Crippen LogP contribution is -2.17. The van der Waals surface area contributed by atoms with Crippen molar-refractivity contribution in [2.75, 3.05) is 12.4 Å². The van der Waals surface area contributed by atoms with Crippen LogP contribution in [0, 0.1) is 10.1 Å². The van der Waals surface area contributed by atoms with Crippen molar-refractivity contribution in [2.45, 2.75) is 6.18 Å². The highest BCUT2D eigenvalue weighted by atomic mass is 19.4. The van der Waals surface area contributed by atoms with Crippen molar-refractivity contribution in [3.8, 4) is 11.5 Å². The molecule has 0 spiro atoms. The number of hydrogen-bond donors (Lipinski definition) is 1. The minimum absolute atomic E-state index is 0.137. The summed E-state index contributed by atoms with van der Waals surface area (Å²) in [4.78, 5) is 32.5. The summed E-state index contributed by atoms with van der Waals surface area (Å²) in [6, 6.07) is 17.2. The summed E-state index contributed by atoms with van der Waals surface area (Å²) in [5, 5.41) is 12.4. The Morgan fingerprint density at radius 3 is 2.18 bits per heavy atom. The molecule has 0 heterocycles. The zero-order valence-electron chi connectivity index (χ0n) is 17.0. The molecule has 0 atom stereocenters. The monoisotopic (exact) mass is 462 g/mol. The van der Waals surface area contributed by atoms with Gasteiger partial charge in [0.1, 0.15) is 5.75 Å². The molecule has 0 radical (unpaired) electrons. The highest BCUT2D eigenvalue weighted by molar-refractivity contribution is 6.07. The van der Waals surface area contributed by atoms with E-state index in [-0.39, 0.29) is 17.8 Å². The summed E-state index contributed by atoms with van der Waals surface area (Å²) < 4.78 is 48.5. The van der Waals surface area contributed by atoms with Crippen molar-refractivity contribution in [3.05, 3.63) is 94.0 Å². The Balaban J connectivity index is 0.000000357. The van der Waals surface area contributed by atoms with Gasteiger partial charge in [-0.25, -0.2) is 0 Å². The molecule has 1 N–H and O–H groups in total. The van der Waals surface area contributed by atoms with Gasteiger partial charge in [-0.15, -0.1) is 0 Å². The number of hydrogen-bond acceptors (Lipinski definition) is 6. The molecule has 0 bridgehead atoms. The van der Waals surface area contributed by atoms with Gasteiger partial charge in [0, 0.05) is 12.1 Å². The van der Waals surface area contributed by atoms with Crippen molar-refractivity contribution >= 4 is 23.8 Å². The van der Waals surface area contributed by atoms with Gasteiger partial charge in [-0.2, -0.15) is 13.2 Å². The third-order valence-corrected chi connectivity index (χ3v) is 4.05. The molecule has 0 aliphatic carbocycles. The minimum Gasteiger partial charge on any atom is -0.495 e. The molecule has 0 aromatic heterocycles. The second kappa shape index (κ2) is 11.3. The van der Waals surface area contributed by atoms with E-state index in [1.54, 1.807) is 36.4 Å². The molecule has 0 aliphatic heterocycles. The molecule has 172 valence electrons. The number of non-ortho nitro benzene ring substituents is 1. The largest absolute Gasteiger partial charge is 0.495 e. The van der Waals surface area contributed by atoms with Crippen LogP contribution in [0.1, 0.15) is 15.9 Å². The first-order valence-corrected chi connectivity index (χ1v) is 9.13. The number of nitro groups is 1. The zero-order valence-corrected chi connectivity index (χ0v) is 17.0. The lowest BCUT2D eigenvalue weighted by molar-refractivity contribution is -0.384. The molecule has 0 fully saturated rings. The number of anilines is 1. The van der Waals surface area contributed by atoms with E-state index in [9.17, 15) is 32.9 Å². The van der Waals surface area contributed by atoms with Gasteiger partial charge >= 0.3 is 6.18 Å². The Hall–Kier alpha value is -4.41. The Morgan fingerprint density at radius 1 is 1.00 bits per heavy atom. The quantitative estimate of drug-likeness (QED) is 0.310. The second-order valence-electron chi connectivity index (χ2n) is 6.14. The van der Waals surface area contributed by atoms with E-state index in [2.05, 4.69) is 10.1 Å². The van der Waals surface area contributed by atoms with E-state index >= 15 is 0 Å². The Morgan fingerprint density at radius 2 is 1.64 bits per heavy atom. The van der Waals surface area contributed by atoms with Crippen LogP contribution < -0.4 is 14.8 Å². The molecule has 3 rings (SSSR count). The predicted octanol–water partition coefficient (Wildman–Crippen LogP) is 5.10. The zero-order chi connectivity index (χ0) is 24.4. The molecule has 0 unspecified atom stereocenters. The summed E-state index contributed by atoms with van der Waals surface area (Å²) in [5.74, 6) is -1.40. The number of ether oxygens (including phenoxy) is 2.